The average Bonchev–Trinajstić information content (AvgIpc) is 3.41. The third-order valence-corrected chi connectivity index (χ3v) is 4.74. The average molecular weight is 422 g/mol. The summed E-state index contributed by atoms with van der Waals surface area (Å²) in [6.45, 7) is 3.13. The highest BCUT2D eigenvalue weighted by atomic mass is 19.4. The Hall–Kier alpha value is -3.14. The number of carboxylic acid groups (broad SMARTS) is 1. The number of benzene rings is 1. The molecule has 3 aromatic rings. The molecule has 0 aliphatic carbocycles. The SMILES string of the molecule is O=C(O)C(F)(F)F.c1ccc(-c2cn(C3CCN(Cc4ccoc4)CC3)nn2)cc1. The zero-order valence-electron chi connectivity index (χ0n) is 16.0. The summed E-state index contributed by atoms with van der Waals surface area (Å²) in [5.74, 6) is -2.76. The molecule has 160 valence electrons. The molecule has 0 amide bonds. The summed E-state index contributed by atoms with van der Waals surface area (Å²) in [5, 5.41) is 15.8. The van der Waals surface area contributed by atoms with Gasteiger partial charge in [0.25, 0.3) is 0 Å². The van der Waals surface area contributed by atoms with Gasteiger partial charge in [0.2, 0.25) is 0 Å². The lowest BCUT2D eigenvalue weighted by Gasteiger charge is -2.31. The molecule has 30 heavy (non-hydrogen) atoms. The second-order valence-corrected chi connectivity index (χ2v) is 6.89. The van der Waals surface area contributed by atoms with Gasteiger partial charge in [0.15, 0.2) is 0 Å². The smallest absolute Gasteiger partial charge is 0.475 e. The molecule has 1 fully saturated rings. The molecule has 1 aliphatic rings. The van der Waals surface area contributed by atoms with Crippen LogP contribution in [0.3, 0.4) is 0 Å². The van der Waals surface area contributed by atoms with Crippen molar-refractivity contribution in [1.29, 1.82) is 0 Å². The normalized spacial score (nSPS) is 15.4. The standard InChI is InChI=1S/C18H20N4O.C2HF3O2/c1-2-4-16(5-3-1)18-13-22(20-19-18)17-6-9-21(10-7-17)12-15-8-11-23-14-15;3-2(4,5)1(6)7/h1-5,8,11,13-14,17H,6-7,9-10,12H2;(H,6,7). The molecule has 0 spiro atoms. The Labute approximate surface area is 170 Å². The maximum Gasteiger partial charge on any atom is 0.490 e. The lowest BCUT2D eigenvalue weighted by atomic mass is 10.0. The first-order chi connectivity index (χ1) is 14.3. The van der Waals surface area contributed by atoms with Crippen LogP contribution in [0.4, 0.5) is 13.2 Å². The number of alkyl halides is 3. The van der Waals surface area contributed by atoms with Crippen molar-refractivity contribution in [3.05, 3.63) is 60.7 Å². The number of nitrogens with zero attached hydrogens (tertiary/aromatic N) is 4. The second-order valence-electron chi connectivity index (χ2n) is 6.89. The minimum atomic E-state index is -5.08. The molecule has 0 atom stereocenters. The van der Waals surface area contributed by atoms with E-state index in [1.165, 1.54) is 5.56 Å². The van der Waals surface area contributed by atoms with Gasteiger partial charge < -0.3 is 9.52 Å². The highest BCUT2D eigenvalue weighted by Gasteiger charge is 2.38. The van der Waals surface area contributed by atoms with Gasteiger partial charge in [-0.2, -0.15) is 13.2 Å². The predicted octanol–water partition coefficient (Wildman–Crippen LogP) is 4.01. The largest absolute Gasteiger partial charge is 0.490 e. The molecular formula is C20H21F3N4O3. The monoisotopic (exact) mass is 422 g/mol. The predicted molar refractivity (Wildman–Crippen MR) is 101 cm³/mol. The molecule has 4 rings (SSSR count). The molecule has 1 N–H and O–H groups in total. The number of halogens is 3. The maximum atomic E-state index is 10.6. The number of hydrogen-bond donors (Lipinski definition) is 1. The van der Waals surface area contributed by atoms with Gasteiger partial charge in [-0.25, -0.2) is 9.48 Å². The summed E-state index contributed by atoms with van der Waals surface area (Å²) >= 11 is 0. The van der Waals surface area contributed by atoms with E-state index >= 15 is 0 Å². The van der Waals surface area contributed by atoms with Gasteiger partial charge in [0.1, 0.15) is 5.69 Å². The van der Waals surface area contributed by atoms with Crippen LogP contribution in [0.5, 0.6) is 0 Å². The first-order valence-electron chi connectivity index (χ1n) is 9.33. The molecule has 10 heteroatoms. The molecule has 0 saturated carbocycles. The minimum absolute atomic E-state index is 0.445. The van der Waals surface area contributed by atoms with Crippen LogP contribution in [0.15, 0.2) is 59.5 Å². The fourth-order valence-electron chi connectivity index (χ4n) is 3.18. The molecule has 1 aromatic carbocycles. The van der Waals surface area contributed by atoms with Crippen LogP contribution >= 0.6 is 0 Å². The number of aromatic nitrogens is 3. The summed E-state index contributed by atoms with van der Waals surface area (Å²) in [4.78, 5) is 11.4. The maximum absolute atomic E-state index is 10.6. The van der Waals surface area contributed by atoms with Gasteiger partial charge in [-0.15, -0.1) is 5.10 Å². The zero-order valence-corrected chi connectivity index (χ0v) is 16.0. The molecule has 7 nitrogen and oxygen atoms in total. The Kier molecular flexibility index (Phi) is 6.88. The number of rotatable bonds is 4. The van der Waals surface area contributed by atoms with Gasteiger partial charge in [-0.05, 0) is 18.9 Å². The van der Waals surface area contributed by atoms with E-state index in [4.69, 9.17) is 14.3 Å². The third-order valence-electron chi connectivity index (χ3n) is 4.74. The fourth-order valence-corrected chi connectivity index (χ4v) is 3.18. The number of hydrogen-bond acceptors (Lipinski definition) is 5. The van der Waals surface area contributed by atoms with Crippen LogP contribution in [0.1, 0.15) is 24.4 Å². The van der Waals surface area contributed by atoms with Crippen molar-refractivity contribution >= 4 is 5.97 Å². The topological polar surface area (TPSA) is 84.4 Å². The van der Waals surface area contributed by atoms with E-state index in [9.17, 15) is 13.2 Å². The highest BCUT2D eigenvalue weighted by Crippen LogP contribution is 2.25. The number of carboxylic acids is 1. The second kappa shape index (κ2) is 9.57. The molecule has 0 bridgehead atoms. The molecule has 0 unspecified atom stereocenters. The lowest BCUT2D eigenvalue weighted by molar-refractivity contribution is -0.192. The van der Waals surface area contributed by atoms with Gasteiger partial charge in [-0.3, -0.25) is 4.90 Å². The highest BCUT2D eigenvalue weighted by molar-refractivity contribution is 5.73. The number of likely N-dealkylation sites (tertiary alicyclic amines) is 1. The molecule has 1 saturated heterocycles. The van der Waals surface area contributed by atoms with Crippen molar-refractivity contribution in [1.82, 2.24) is 19.9 Å². The summed E-state index contributed by atoms with van der Waals surface area (Å²) in [6.07, 6.45) is 2.77. The number of aliphatic carboxylic acids is 1. The van der Waals surface area contributed by atoms with Crippen LogP contribution in [0.2, 0.25) is 0 Å². The molecule has 2 aromatic heterocycles. The van der Waals surface area contributed by atoms with E-state index in [1.54, 1.807) is 6.26 Å². The van der Waals surface area contributed by atoms with E-state index in [1.807, 2.05) is 35.2 Å². The molecule has 1 aliphatic heterocycles. The van der Waals surface area contributed by atoms with Crippen LogP contribution in [0.25, 0.3) is 11.3 Å². The van der Waals surface area contributed by atoms with Crippen molar-refractivity contribution in [2.45, 2.75) is 31.6 Å². The van der Waals surface area contributed by atoms with Crippen LogP contribution < -0.4 is 0 Å². The van der Waals surface area contributed by atoms with Gasteiger partial charge in [-0.1, -0.05) is 35.5 Å². The van der Waals surface area contributed by atoms with E-state index < -0.39 is 12.1 Å². The Bertz CT molecular complexity index is 918. The summed E-state index contributed by atoms with van der Waals surface area (Å²) in [6, 6.07) is 12.7. The fraction of sp³-hybridized carbons (Fsp3) is 0.350. The van der Waals surface area contributed by atoms with E-state index in [0.29, 0.717) is 6.04 Å². The Balaban J connectivity index is 0.000000318. The van der Waals surface area contributed by atoms with Crippen LogP contribution in [0, 0.1) is 0 Å². The van der Waals surface area contributed by atoms with E-state index in [-0.39, 0.29) is 0 Å². The van der Waals surface area contributed by atoms with Gasteiger partial charge in [0.05, 0.1) is 24.8 Å². The van der Waals surface area contributed by atoms with E-state index in [0.717, 1.165) is 43.7 Å². The Morgan fingerprint density at radius 3 is 2.40 bits per heavy atom. The molecular weight excluding hydrogens is 401 g/mol. The molecule has 3 heterocycles. The van der Waals surface area contributed by atoms with Crippen molar-refractivity contribution in [2.24, 2.45) is 0 Å². The third kappa shape index (κ3) is 5.93. The molecule has 0 radical (unpaired) electrons. The summed E-state index contributed by atoms with van der Waals surface area (Å²) < 4.78 is 38.9. The number of piperidine rings is 1. The van der Waals surface area contributed by atoms with Crippen LogP contribution in [-0.2, 0) is 11.3 Å². The van der Waals surface area contributed by atoms with Crippen molar-refractivity contribution < 1.29 is 27.5 Å². The van der Waals surface area contributed by atoms with Gasteiger partial charge >= 0.3 is 12.1 Å². The summed E-state index contributed by atoms with van der Waals surface area (Å²) in [5.41, 5.74) is 3.32. The minimum Gasteiger partial charge on any atom is -0.475 e. The van der Waals surface area contributed by atoms with Crippen LogP contribution in [-0.4, -0.2) is 50.2 Å². The van der Waals surface area contributed by atoms with E-state index in [2.05, 4.69) is 33.5 Å². The first kappa shape index (κ1) is 21.6. The lowest BCUT2D eigenvalue weighted by Crippen LogP contribution is -2.34. The van der Waals surface area contributed by atoms with Crippen molar-refractivity contribution in [3.8, 4) is 11.3 Å². The Morgan fingerprint density at radius 1 is 1.17 bits per heavy atom. The Morgan fingerprint density at radius 2 is 1.83 bits per heavy atom. The van der Waals surface area contributed by atoms with Crippen molar-refractivity contribution in [3.63, 3.8) is 0 Å². The quantitative estimate of drug-likeness (QED) is 0.684. The first-order valence-corrected chi connectivity index (χ1v) is 9.33. The zero-order chi connectivity index (χ0) is 21.6. The van der Waals surface area contributed by atoms with Crippen molar-refractivity contribution in [2.75, 3.05) is 13.1 Å². The summed E-state index contributed by atoms with van der Waals surface area (Å²) in [7, 11) is 0. The number of furan rings is 1. The van der Waals surface area contributed by atoms with Gasteiger partial charge in [0, 0.05) is 30.8 Å². The number of carbonyl (C=O) groups is 1.